The van der Waals surface area contributed by atoms with Crippen molar-refractivity contribution in [1.82, 2.24) is 0 Å². The van der Waals surface area contributed by atoms with Crippen molar-refractivity contribution in [2.75, 3.05) is 6.61 Å². The van der Waals surface area contributed by atoms with Crippen LogP contribution in [0.2, 0.25) is 0 Å². The average molecular weight is 411 g/mol. The van der Waals surface area contributed by atoms with E-state index in [4.69, 9.17) is 14.2 Å². The lowest BCUT2D eigenvalue weighted by Crippen LogP contribution is -2.07. The predicted molar refractivity (Wildman–Crippen MR) is 118 cm³/mol. The summed E-state index contributed by atoms with van der Waals surface area (Å²) < 4.78 is 16.1. The maximum absolute atomic E-state index is 12.0. The Bertz CT molecular complexity index is 806. The Balaban J connectivity index is 1.78. The van der Waals surface area contributed by atoms with E-state index in [9.17, 15) is 9.59 Å². The number of esters is 2. The molecule has 0 spiro atoms. The molecule has 2 rings (SSSR count). The van der Waals surface area contributed by atoms with Crippen LogP contribution in [0, 0.1) is 0 Å². The van der Waals surface area contributed by atoms with Crippen LogP contribution >= 0.6 is 0 Å². The number of carbonyl (C=O) groups excluding carboxylic acids is 2. The second kappa shape index (κ2) is 13.2. The Labute approximate surface area is 178 Å². The summed E-state index contributed by atoms with van der Waals surface area (Å²) >= 11 is 0. The molecule has 0 bridgehead atoms. The van der Waals surface area contributed by atoms with Crippen LogP contribution in [0.5, 0.6) is 17.2 Å². The van der Waals surface area contributed by atoms with Crippen molar-refractivity contribution in [3.8, 4) is 17.2 Å². The number of ether oxygens (including phenoxy) is 3. The highest BCUT2D eigenvalue weighted by molar-refractivity contribution is 5.88. The fourth-order valence-corrected chi connectivity index (χ4v) is 2.66. The van der Waals surface area contributed by atoms with Gasteiger partial charge in [0.15, 0.2) is 0 Å². The van der Waals surface area contributed by atoms with Gasteiger partial charge in [-0.15, -0.1) is 0 Å². The minimum Gasteiger partial charge on any atom is -0.494 e. The molecular weight excluding hydrogens is 380 g/mol. The number of rotatable bonds is 12. The van der Waals surface area contributed by atoms with E-state index in [1.54, 1.807) is 30.3 Å². The maximum Gasteiger partial charge on any atom is 0.336 e. The first-order valence-electron chi connectivity index (χ1n) is 10.5. The molecule has 0 fully saturated rings. The fourth-order valence-electron chi connectivity index (χ4n) is 2.66. The lowest BCUT2D eigenvalue weighted by Gasteiger charge is -2.06. The number of benzene rings is 2. The number of hydrogen-bond donors (Lipinski definition) is 0. The third-order valence-electron chi connectivity index (χ3n) is 4.27. The van der Waals surface area contributed by atoms with E-state index in [0.717, 1.165) is 43.4 Å². The van der Waals surface area contributed by atoms with Gasteiger partial charge in [0, 0.05) is 12.5 Å². The van der Waals surface area contributed by atoms with Gasteiger partial charge in [-0.2, -0.15) is 0 Å². The molecule has 5 nitrogen and oxygen atoms in total. The Morgan fingerprint density at radius 2 is 1.40 bits per heavy atom. The van der Waals surface area contributed by atoms with Gasteiger partial charge in [-0.3, -0.25) is 4.79 Å². The highest BCUT2D eigenvalue weighted by atomic mass is 16.5. The van der Waals surface area contributed by atoms with Crippen LogP contribution in [0.4, 0.5) is 0 Å². The van der Waals surface area contributed by atoms with Gasteiger partial charge in [-0.25, -0.2) is 4.79 Å². The molecule has 30 heavy (non-hydrogen) atoms. The van der Waals surface area contributed by atoms with Gasteiger partial charge < -0.3 is 14.2 Å². The number of carbonyl (C=O) groups is 2. The molecular formula is C25H30O5. The summed E-state index contributed by atoms with van der Waals surface area (Å²) in [6, 6.07) is 13.9. The quantitative estimate of drug-likeness (QED) is 0.187. The Kier molecular flexibility index (Phi) is 10.2. The fraction of sp³-hybridized carbons (Fsp3) is 0.360. The summed E-state index contributed by atoms with van der Waals surface area (Å²) in [5.41, 5.74) is 0.872. The molecule has 2 aromatic carbocycles. The maximum atomic E-state index is 12.0. The third kappa shape index (κ3) is 8.95. The number of hydrogen-bond acceptors (Lipinski definition) is 5. The second-order valence-corrected chi connectivity index (χ2v) is 6.93. The molecule has 0 radical (unpaired) electrons. The molecule has 0 heterocycles. The monoisotopic (exact) mass is 410 g/mol. The van der Waals surface area contributed by atoms with E-state index in [0.29, 0.717) is 24.5 Å². The molecule has 0 saturated carbocycles. The lowest BCUT2D eigenvalue weighted by atomic mass is 10.1. The number of unbranched alkanes of at least 4 members (excludes halogenated alkanes) is 3. The molecule has 0 aliphatic carbocycles. The Morgan fingerprint density at radius 1 is 0.767 bits per heavy atom. The summed E-state index contributed by atoms with van der Waals surface area (Å²) in [4.78, 5) is 23.8. The molecule has 0 amide bonds. The van der Waals surface area contributed by atoms with Crippen LogP contribution in [0.3, 0.4) is 0 Å². The van der Waals surface area contributed by atoms with Gasteiger partial charge in [0.1, 0.15) is 17.2 Å². The van der Waals surface area contributed by atoms with E-state index >= 15 is 0 Å². The first-order chi connectivity index (χ1) is 14.6. The lowest BCUT2D eigenvalue weighted by molar-refractivity contribution is -0.134. The second-order valence-electron chi connectivity index (χ2n) is 6.93. The highest BCUT2D eigenvalue weighted by Crippen LogP contribution is 2.19. The van der Waals surface area contributed by atoms with E-state index < -0.39 is 5.97 Å². The summed E-state index contributed by atoms with van der Waals surface area (Å²) in [5.74, 6) is 0.900. The molecule has 0 aliphatic heterocycles. The summed E-state index contributed by atoms with van der Waals surface area (Å²) in [7, 11) is 0. The van der Waals surface area contributed by atoms with Crippen LogP contribution in [-0.4, -0.2) is 18.5 Å². The van der Waals surface area contributed by atoms with E-state index in [2.05, 4.69) is 13.8 Å². The molecule has 0 unspecified atom stereocenters. The first kappa shape index (κ1) is 23.2. The predicted octanol–water partition coefficient (Wildman–Crippen LogP) is 5.97. The Hall–Kier alpha value is -3.08. The van der Waals surface area contributed by atoms with Crippen LogP contribution < -0.4 is 14.2 Å². The summed E-state index contributed by atoms with van der Waals surface area (Å²) in [6.45, 7) is 4.86. The van der Waals surface area contributed by atoms with Crippen LogP contribution in [-0.2, 0) is 9.59 Å². The standard InChI is InChI=1S/C25H30O5/c1-3-5-6-7-8-24(26)29-22-14-16-23(17-15-22)30-25(27)18-11-20-9-12-21(13-10-20)28-19-4-2/h9-18H,3-8,19H2,1-2H3/b18-11+. The molecule has 5 heteroatoms. The zero-order valence-electron chi connectivity index (χ0n) is 17.8. The molecule has 0 N–H and O–H groups in total. The van der Waals surface area contributed by atoms with Crippen LogP contribution in [0.25, 0.3) is 6.08 Å². The third-order valence-corrected chi connectivity index (χ3v) is 4.27. The molecule has 160 valence electrons. The van der Waals surface area contributed by atoms with Gasteiger partial charge >= 0.3 is 11.9 Å². The molecule has 0 aliphatic rings. The van der Waals surface area contributed by atoms with Crippen LogP contribution in [0.1, 0.15) is 57.9 Å². The van der Waals surface area contributed by atoms with Crippen molar-refractivity contribution in [3.63, 3.8) is 0 Å². The van der Waals surface area contributed by atoms with Gasteiger partial charge in [-0.1, -0.05) is 45.2 Å². The van der Waals surface area contributed by atoms with Crippen molar-refractivity contribution in [2.24, 2.45) is 0 Å². The Morgan fingerprint density at radius 3 is 2.03 bits per heavy atom. The van der Waals surface area contributed by atoms with E-state index in [1.807, 2.05) is 24.3 Å². The van der Waals surface area contributed by atoms with Crippen molar-refractivity contribution in [3.05, 3.63) is 60.2 Å². The zero-order chi connectivity index (χ0) is 21.6. The van der Waals surface area contributed by atoms with Gasteiger partial charge in [0.05, 0.1) is 6.61 Å². The first-order valence-corrected chi connectivity index (χ1v) is 10.5. The molecule has 0 saturated heterocycles. The van der Waals surface area contributed by atoms with E-state index in [1.165, 1.54) is 6.08 Å². The summed E-state index contributed by atoms with van der Waals surface area (Å²) in [5, 5.41) is 0. The summed E-state index contributed by atoms with van der Waals surface area (Å²) in [6.07, 6.45) is 8.54. The zero-order valence-corrected chi connectivity index (χ0v) is 17.8. The van der Waals surface area contributed by atoms with Crippen LogP contribution in [0.15, 0.2) is 54.6 Å². The van der Waals surface area contributed by atoms with E-state index in [-0.39, 0.29) is 5.97 Å². The topological polar surface area (TPSA) is 61.8 Å². The largest absolute Gasteiger partial charge is 0.494 e. The molecule has 0 atom stereocenters. The molecule has 2 aromatic rings. The van der Waals surface area contributed by atoms with Crippen molar-refractivity contribution < 1.29 is 23.8 Å². The average Bonchev–Trinajstić information content (AvgIpc) is 2.76. The van der Waals surface area contributed by atoms with Gasteiger partial charge in [0.25, 0.3) is 0 Å². The van der Waals surface area contributed by atoms with Gasteiger partial charge in [-0.05, 0) is 60.9 Å². The highest BCUT2D eigenvalue weighted by Gasteiger charge is 2.06. The van der Waals surface area contributed by atoms with Crippen molar-refractivity contribution >= 4 is 18.0 Å². The minimum atomic E-state index is -0.484. The van der Waals surface area contributed by atoms with Crippen molar-refractivity contribution in [2.45, 2.75) is 52.4 Å². The smallest absolute Gasteiger partial charge is 0.336 e. The SMILES string of the molecule is CCCCCCC(=O)Oc1ccc(OC(=O)/C=C/c2ccc(OCCC)cc2)cc1. The van der Waals surface area contributed by atoms with Gasteiger partial charge in [0.2, 0.25) is 0 Å². The van der Waals surface area contributed by atoms with Crippen molar-refractivity contribution in [1.29, 1.82) is 0 Å². The molecule has 0 aromatic heterocycles. The normalized spacial score (nSPS) is 10.7. The minimum absolute atomic E-state index is 0.245.